The number of aryl methyl sites for hydroxylation is 1. The van der Waals surface area contributed by atoms with Gasteiger partial charge in [-0.05, 0) is 59.1 Å². The summed E-state index contributed by atoms with van der Waals surface area (Å²) in [5, 5.41) is 3.99. The molecular weight excluding hydrogens is 316 g/mol. The van der Waals surface area contributed by atoms with E-state index in [9.17, 15) is 4.79 Å². The van der Waals surface area contributed by atoms with Crippen LogP contribution in [0.25, 0.3) is 0 Å². The summed E-state index contributed by atoms with van der Waals surface area (Å²) in [6, 6.07) is 4.29. The fourth-order valence-corrected chi connectivity index (χ4v) is 2.19. The summed E-state index contributed by atoms with van der Waals surface area (Å²) in [7, 11) is 0. The molecule has 1 aliphatic heterocycles. The molecule has 0 spiro atoms. The predicted octanol–water partition coefficient (Wildman–Crippen LogP) is 3.35. The second-order valence-electron chi connectivity index (χ2n) is 7.02. The molecule has 1 fully saturated rings. The summed E-state index contributed by atoms with van der Waals surface area (Å²) in [5.41, 5.74) is 0.723. The molecule has 2 heterocycles. The van der Waals surface area contributed by atoms with Crippen molar-refractivity contribution < 1.29 is 14.3 Å². The number of ether oxygens (including phenoxy) is 2. The lowest BCUT2D eigenvalue weighted by molar-refractivity contribution is -0.138. The van der Waals surface area contributed by atoms with Crippen LogP contribution >= 0.6 is 11.6 Å². The zero-order valence-corrected chi connectivity index (χ0v) is 15.3. The minimum absolute atomic E-state index is 0.178. The summed E-state index contributed by atoms with van der Waals surface area (Å²) >= 11 is 5.73. The minimum atomic E-state index is -0.318. The highest BCUT2D eigenvalue weighted by molar-refractivity contribution is 6.29. The van der Waals surface area contributed by atoms with E-state index in [0.29, 0.717) is 17.7 Å². The second-order valence-corrected chi connectivity index (χ2v) is 7.40. The van der Waals surface area contributed by atoms with Crippen LogP contribution in [-0.4, -0.2) is 35.4 Å². The third-order valence-corrected chi connectivity index (χ3v) is 3.39. The Morgan fingerprint density at radius 3 is 2.57 bits per heavy atom. The number of aromatic nitrogens is 1. The van der Waals surface area contributed by atoms with Gasteiger partial charge in [-0.25, -0.2) is 4.98 Å². The average molecular weight is 343 g/mol. The van der Waals surface area contributed by atoms with Gasteiger partial charge in [0, 0.05) is 12.2 Å². The number of halogens is 1. The van der Waals surface area contributed by atoms with Crippen molar-refractivity contribution in [1.82, 2.24) is 10.3 Å². The SMILES string of the molecule is CC(C)(C)OC=O.CC1(C)NC(CCc2ccc(Cl)nc2)CO1. The van der Waals surface area contributed by atoms with Gasteiger partial charge in [-0.15, -0.1) is 0 Å². The Bertz CT molecular complexity index is 484. The smallest absolute Gasteiger partial charge is 0.293 e. The van der Waals surface area contributed by atoms with E-state index in [4.69, 9.17) is 16.3 Å². The van der Waals surface area contributed by atoms with Crippen molar-refractivity contribution in [1.29, 1.82) is 0 Å². The van der Waals surface area contributed by atoms with Crippen LogP contribution in [0.15, 0.2) is 18.3 Å². The zero-order valence-electron chi connectivity index (χ0n) is 14.6. The van der Waals surface area contributed by atoms with Gasteiger partial charge in [0.1, 0.15) is 16.5 Å². The molecule has 1 aromatic heterocycles. The quantitative estimate of drug-likeness (QED) is 0.671. The minimum Gasteiger partial charge on any atom is -0.462 e. The van der Waals surface area contributed by atoms with E-state index in [1.165, 1.54) is 5.56 Å². The molecule has 0 amide bonds. The highest BCUT2D eigenvalue weighted by Gasteiger charge is 2.30. The molecule has 0 aliphatic carbocycles. The van der Waals surface area contributed by atoms with E-state index < -0.39 is 0 Å². The monoisotopic (exact) mass is 342 g/mol. The maximum Gasteiger partial charge on any atom is 0.293 e. The number of hydrogen-bond acceptors (Lipinski definition) is 5. The highest BCUT2D eigenvalue weighted by Crippen LogP contribution is 2.18. The van der Waals surface area contributed by atoms with Gasteiger partial charge in [0.25, 0.3) is 6.47 Å². The molecule has 2 rings (SSSR count). The Hall–Kier alpha value is -1.17. The summed E-state index contributed by atoms with van der Waals surface area (Å²) in [6.45, 7) is 10.8. The molecule has 0 aromatic carbocycles. The molecule has 1 unspecified atom stereocenters. The van der Waals surface area contributed by atoms with Crippen molar-refractivity contribution in [2.75, 3.05) is 6.61 Å². The Balaban J connectivity index is 0.000000322. The van der Waals surface area contributed by atoms with E-state index >= 15 is 0 Å². The third kappa shape index (κ3) is 8.89. The number of pyridine rings is 1. The van der Waals surface area contributed by atoms with Crippen molar-refractivity contribution in [2.45, 2.75) is 64.8 Å². The van der Waals surface area contributed by atoms with Crippen molar-refractivity contribution in [3.63, 3.8) is 0 Å². The number of hydrogen-bond donors (Lipinski definition) is 1. The Morgan fingerprint density at radius 2 is 2.17 bits per heavy atom. The van der Waals surface area contributed by atoms with Gasteiger partial charge < -0.3 is 9.47 Å². The molecular formula is C17H27ClN2O3. The number of rotatable bonds is 4. The zero-order chi connectivity index (χ0) is 17.5. The maximum absolute atomic E-state index is 9.60. The summed E-state index contributed by atoms with van der Waals surface area (Å²) in [4.78, 5) is 13.7. The highest BCUT2D eigenvalue weighted by atomic mass is 35.5. The molecule has 6 heteroatoms. The first-order chi connectivity index (χ1) is 10.6. The molecule has 1 N–H and O–H groups in total. The van der Waals surface area contributed by atoms with E-state index in [-0.39, 0.29) is 11.3 Å². The topological polar surface area (TPSA) is 60.5 Å². The Morgan fingerprint density at radius 1 is 1.48 bits per heavy atom. The molecule has 1 saturated heterocycles. The first-order valence-electron chi connectivity index (χ1n) is 7.75. The number of carbonyl (C=O) groups is 1. The fourth-order valence-electron chi connectivity index (χ4n) is 2.08. The van der Waals surface area contributed by atoms with E-state index in [0.717, 1.165) is 19.4 Å². The molecule has 1 aromatic rings. The Kier molecular flexibility index (Phi) is 7.45. The molecule has 0 saturated carbocycles. The molecule has 1 atom stereocenters. The first-order valence-corrected chi connectivity index (χ1v) is 8.13. The predicted molar refractivity (Wildman–Crippen MR) is 91.4 cm³/mol. The van der Waals surface area contributed by atoms with Crippen LogP contribution in [0.1, 0.15) is 46.6 Å². The number of nitrogens with zero attached hydrogens (tertiary/aromatic N) is 1. The van der Waals surface area contributed by atoms with Crippen LogP contribution in [0.2, 0.25) is 5.15 Å². The molecule has 1 aliphatic rings. The lowest BCUT2D eigenvalue weighted by atomic mass is 10.1. The van der Waals surface area contributed by atoms with Gasteiger partial charge in [-0.2, -0.15) is 0 Å². The van der Waals surface area contributed by atoms with Crippen LogP contribution in [-0.2, 0) is 20.7 Å². The van der Waals surface area contributed by atoms with Gasteiger partial charge in [-0.3, -0.25) is 10.1 Å². The van der Waals surface area contributed by atoms with Gasteiger partial charge >= 0.3 is 0 Å². The third-order valence-electron chi connectivity index (χ3n) is 3.17. The second kappa shape index (κ2) is 8.62. The van der Waals surface area contributed by atoms with Crippen LogP contribution in [0.4, 0.5) is 0 Å². The van der Waals surface area contributed by atoms with Crippen molar-refractivity contribution in [3.8, 4) is 0 Å². The summed E-state index contributed by atoms with van der Waals surface area (Å²) in [6.07, 6.45) is 3.90. The Labute approximate surface area is 143 Å². The molecule has 130 valence electrons. The molecule has 5 nitrogen and oxygen atoms in total. The average Bonchev–Trinajstić information content (AvgIpc) is 2.77. The number of nitrogens with one attached hydrogen (secondary N) is 1. The fraction of sp³-hybridized carbons (Fsp3) is 0.647. The molecule has 23 heavy (non-hydrogen) atoms. The van der Waals surface area contributed by atoms with E-state index in [1.54, 1.807) is 0 Å². The molecule has 0 radical (unpaired) electrons. The van der Waals surface area contributed by atoms with Gasteiger partial charge in [0.15, 0.2) is 0 Å². The van der Waals surface area contributed by atoms with E-state index in [1.807, 2.05) is 39.1 Å². The van der Waals surface area contributed by atoms with Crippen LogP contribution in [0, 0.1) is 0 Å². The van der Waals surface area contributed by atoms with Crippen LogP contribution < -0.4 is 5.32 Å². The lowest BCUT2D eigenvalue weighted by Gasteiger charge is -2.18. The normalized spacial score (nSPS) is 19.7. The maximum atomic E-state index is 9.60. The summed E-state index contributed by atoms with van der Waals surface area (Å²) in [5.74, 6) is 0. The lowest BCUT2D eigenvalue weighted by Crippen LogP contribution is -2.38. The van der Waals surface area contributed by atoms with Gasteiger partial charge in [0.05, 0.1) is 6.61 Å². The first kappa shape index (κ1) is 19.9. The van der Waals surface area contributed by atoms with Crippen LogP contribution in [0.3, 0.4) is 0 Å². The molecule has 0 bridgehead atoms. The van der Waals surface area contributed by atoms with E-state index in [2.05, 4.69) is 28.9 Å². The standard InChI is InChI=1S/C12H17ClN2O.C5H10O2/c1-12(2)15-10(8-16-12)5-3-9-4-6-11(13)14-7-9;1-5(2,3)7-4-6/h4,6-7,10,15H,3,5,8H2,1-2H3;4H,1-3H3. The van der Waals surface area contributed by atoms with Gasteiger partial charge in [-0.1, -0.05) is 17.7 Å². The number of carbonyl (C=O) groups excluding carboxylic acids is 1. The van der Waals surface area contributed by atoms with Crippen LogP contribution in [0.5, 0.6) is 0 Å². The van der Waals surface area contributed by atoms with Gasteiger partial charge in [0.2, 0.25) is 0 Å². The largest absolute Gasteiger partial charge is 0.462 e. The van der Waals surface area contributed by atoms with Crippen molar-refractivity contribution >= 4 is 18.1 Å². The summed E-state index contributed by atoms with van der Waals surface area (Å²) < 4.78 is 10.2. The van der Waals surface area contributed by atoms with Crippen molar-refractivity contribution in [3.05, 3.63) is 29.0 Å². The van der Waals surface area contributed by atoms with Crippen molar-refractivity contribution in [2.24, 2.45) is 0 Å².